The van der Waals surface area contributed by atoms with Crippen molar-refractivity contribution in [2.75, 3.05) is 7.11 Å². The predicted molar refractivity (Wildman–Crippen MR) is 191 cm³/mol. The monoisotopic (exact) mass is 753 g/mol. The summed E-state index contributed by atoms with van der Waals surface area (Å²) in [7, 11) is 1.56. The largest absolute Gasteiger partial charge is 0.573 e. The van der Waals surface area contributed by atoms with Crippen LogP contribution in [0.3, 0.4) is 0 Å². The third-order valence-corrected chi connectivity index (χ3v) is 10.0. The number of halogens is 3. The van der Waals surface area contributed by atoms with E-state index in [1.165, 1.54) is 40.4 Å². The summed E-state index contributed by atoms with van der Waals surface area (Å²) in [5, 5.41) is 38.4. The van der Waals surface area contributed by atoms with E-state index in [1.807, 2.05) is 12.1 Å². The SMILES string of the molecule is COc1ccc(CCn2c(=O)nc(O)c3ccc(-c4c(O)c(C)c(O)c5c4OC4=Cc6c(c(C)nn6-c6ccc(OC(F)(F)F)cc6)C(=O)C45C)nc32)cc1. The van der Waals surface area contributed by atoms with E-state index in [0.29, 0.717) is 23.6 Å². The molecule has 1 aliphatic heterocycles. The normalized spacial score (nSPS) is 16.0. The Morgan fingerprint density at radius 3 is 2.25 bits per heavy atom. The summed E-state index contributed by atoms with van der Waals surface area (Å²) < 4.78 is 56.7. The number of benzene rings is 3. The zero-order valence-corrected chi connectivity index (χ0v) is 29.5. The van der Waals surface area contributed by atoms with Gasteiger partial charge in [-0.3, -0.25) is 9.36 Å². The van der Waals surface area contributed by atoms with Gasteiger partial charge in [0.05, 0.1) is 52.0 Å². The zero-order valence-electron chi connectivity index (χ0n) is 29.5. The molecule has 4 heterocycles. The molecular weight excluding hydrogens is 723 g/mol. The van der Waals surface area contributed by atoms with Crippen LogP contribution in [0.2, 0.25) is 0 Å². The van der Waals surface area contributed by atoms with Gasteiger partial charge in [0.2, 0.25) is 5.88 Å². The van der Waals surface area contributed by atoms with Crippen molar-refractivity contribution in [2.24, 2.45) is 0 Å². The van der Waals surface area contributed by atoms with Gasteiger partial charge < -0.3 is 29.5 Å². The van der Waals surface area contributed by atoms with Crippen molar-refractivity contribution in [3.8, 4) is 51.6 Å². The number of ketones is 1. The summed E-state index contributed by atoms with van der Waals surface area (Å²) in [4.78, 5) is 36.2. The van der Waals surface area contributed by atoms with E-state index in [-0.39, 0.29) is 68.5 Å². The number of nitrogens with zero attached hydrogens (tertiary/aromatic N) is 5. The number of hydrogen-bond acceptors (Lipinski definition) is 11. The Balaban J connectivity index is 1.24. The highest BCUT2D eigenvalue weighted by Gasteiger charge is 2.55. The quantitative estimate of drug-likeness (QED) is 0.165. The molecule has 8 rings (SSSR count). The fraction of sp³-hybridized carbons (Fsp3) is 0.205. The van der Waals surface area contributed by atoms with Gasteiger partial charge in [-0.15, -0.1) is 13.2 Å². The van der Waals surface area contributed by atoms with Crippen molar-refractivity contribution >= 4 is 22.9 Å². The van der Waals surface area contributed by atoms with Crippen LogP contribution in [-0.2, 0) is 18.4 Å². The van der Waals surface area contributed by atoms with Crippen LogP contribution in [0.15, 0.2) is 71.2 Å². The number of aryl methyl sites for hydroxylation is 3. The minimum absolute atomic E-state index is 0.0182. The van der Waals surface area contributed by atoms with Gasteiger partial charge in [-0.2, -0.15) is 10.1 Å². The molecule has 3 aromatic carbocycles. The molecule has 13 nitrogen and oxygen atoms in total. The van der Waals surface area contributed by atoms with E-state index < -0.39 is 40.6 Å². The van der Waals surface area contributed by atoms with Crippen molar-refractivity contribution in [1.82, 2.24) is 24.3 Å². The van der Waals surface area contributed by atoms with Crippen molar-refractivity contribution in [3.05, 3.63) is 111 Å². The summed E-state index contributed by atoms with van der Waals surface area (Å²) in [6.07, 6.45) is -2.92. The number of methoxy groups -OCH3 is 1. The van der Waals surface area contributed by atoms with E-state index >= 15 is 0 Å². The van der Waals surface area contributed by atoms with E-state index in [2.05, 4.69) is 14.8 Å². The van der Waals surface area contributed by atoms with Crippen LogP contribution >= 0.6 is 0 Å². The minimum Gasteiger partial charge on any atom is -0.507 e. The first-order chi connectivity index (χ1) is 26.1. The van der Waals surface area contributed by atoms with Gasteiger partial charge in [0.15, 0.2) is 5.78 Å². The van der Waals surface area contributed by atoms with E-state index in [9.17, 15) is 38.1 Å². The van der Waals surface area contributed by atoms with Crippen LogP contribution < -0.4 is 19.9 Å². The molecule has 3 aromatic heterocycles. The summed E-state index contributed by atoms with van der Waals surface area (Å²) in [5.41, 5.74) is -0.0768. The van der Waals surface area contributed by atoms with Crippen molar-refractivity contribution in [3.63, 3.8) is 0 Å². The second-order valence-corrected chi connectivity index (χ2v) is 13.3. The molecule has 0 saturated heterocycles. The minimum atomic E-state index is -4.88. The number of fused-ring (bicyclic) bond motifs is 5. The number of ether oxygens (including phenoxy) is 3. The number of alkyl halides is 3. The molecule has 0 saturated carbocycles. The molecule has 0 bridgehead atoms. The number of aromatic nitrogens is 5. The average Bonchev–Trinajstić information content (AvgIpc) is 3.64. The molecule has 1 aliphatic carbocycles. The number of phenolic OH excluding ortho intramolecular Hbond substituents is 2. The summed E-state index contributed by atoms with van der Waals surface area (Å²) in [6, 6.07) is 15.2. The summed E-state index contributed by atoms with van der Waals surface area (Å²) >= 11 is 0. The smallest absolute Gasteiger partial charge is 0.507 e. The number of pyridine rings is 1. The van der Waals surface area contributed by atoms with E-state index in [1.54, 1.807) is 39.2 Å². The molecule has 3 N–H and O–H groups in total. The molecule has 0 spiro atoms. The molecule has 0 radical (unpaired) electrons. The lowest BCUT2D eigenvalue weighted by molar-refractivity contribution is -0.274. The molecule has 280 valence electrons. The molecule has 16 heteroatoms. The molecule has 0 fully saturated rings. The van der Waals surface area contributed by atoms with Gasteiger partial charge >= 0.3 is 12.1 Å². The fourth-order valence-electron chi connectivity index (χ4n) is 7.19. The van der Waals surface area contributed by atoms with Gasteiger partial charge in [-0.25, -0.2) is 14.5 Å². The van der Waals surface area contributed by atoms with Gasteiger partial charge in [-0.1, -0.05) is 12.1 Å². The lowest BCUT2D eigenvalue weighted by Crippen LogP contribution is -2.36. The third kappa shape index (κ3) is 5.51. The first-order valence-electron chi connectivity index (χ1n) is 16.8. The Morgan fingerprint density at radius 1 is 0.891 bits per heavy atom. The summed E-state index contributed by atoms with van der Waals surface area (Å²) in [5.74, 6) is -1.55. The standard InChI is InChI=1S/C39H30F3N5O8/c1-18-31(48)29(25-14-13-24-35(43-25)46(37(52)44-36(24)51)16-15-20-5-9-22(53-4)10-6-20)33-30(32(18)49)38(3)27(54-33)17-26-28(34(38)50)19(2)45-47(26)21-7-11-23(12-8-21)55-39(40,41)42/h5-14,17,48-49H,15-16H2,1-4H3,(H,44,51,52). The highest BCUT2D eigenvalue weighted by molar-refractivity contribution is 6.14. The number of carbonyl (C=O) groups is 1. The van der Waals surface area contributed by atoms with Crippen LogP contribution in [0.4, 0.5) is 13.2 Å². The predicted octanol–water partition coefficient (Wildman–Crippen LogP) is 6.42. The average molecular weight is 754 g/mol. The molecule has 55 heavy (non-hydrogen) atoms. The van der Waals surface area contributed by atoms with Crippen LogP contribution in [-0.4, -0.2) is 58.9 Å². The molecule has 0 amide bonds. The number of carbonyl (C=O) groups excluding carboxylic acids is 1. The third-order valence-electron chi connectivity index (χ3n) is 10.0. The first kappa shape index (κ1) is 35.2. The van der Waals surface area contributed by atoms with Crippen LogP contribution in [0, 0.1) is 13.8 Å². The lowest BCUT2D eigenvalue weighted by atomic mass is 9.71. The lowest BCUT2D eigenvalue weighted by Gasteiger charge is -2.27. The van der Waals surface area contributed by atoms with Crippen LogP contribution in [0.25, 0.3) is 34.1 Å². The van der Waals surface area contributed by atoms with Gasteiger partial charge in [0, 0.05) is 18.2 Å². The topological polar surface area (TPSA) is 171 Å². The number of aromatic hydroxyl groups is 3. The van der Waals surface area contributed by atoms with E-state index in [0.717, 1.165) is 17.7 Å². The van der Waals surface area contributed by atoms with Gasteiger partial charge in [0.1, 0.15) is 45.6 Å². The fourth-order valence-corrected chi connectivity index (χ4v) is 7.19. The number of allylic oxidation sites excluding steroid dienone is 1. The maximum absolute atomic E-state index is 14.6. The zero-order chi connectivity index (χ0) is 39.1. The Labute approximate surface area is 309 Å². The Kier molecular flexibility index (Phi) is 7.91. The maximum atomic E-state index is 14.6. The van der Waals surface area contributed by atoms with Gasteiger partial charge in [0.25, 0.3) is 0 Å². The molecule has 1 unspecified atom stereocenters. The molecule has 6 aromatic rings. The Morgan fingerprint density at radius 2 is 1.58 bits per heavy atom. The number of phenols is 2. The van der Waals surface area contributed by atoms with E-state index in [4.69, 9.17) is 14.5 Å². The number of rotatable bonds is 7. The maximum Gasteiger partial charge on any atom is 0.573 e. The second-order valence-electron chi connectivity index (χ2n) is 13.3. The Hall–Kier alpha value is -6.84. The van der Waals surface area contributed by atoms with Crippen LogP contribution in [0.5, 0.6) is 34.6 Å². The Bertz CT molecular complexity index is 2690. The second kappa shape index (κ2) is 12.4. The van der Waals surface area contributed by atoms with Crippen molar-refractivity contribution < 1.29 is 47.5 Å². The van der Waals surface area contributed by atoms with Crippen molar-refractivity contribution in [1.29, 1.82) is 0 Å². The highest BCUT2D eigenvalue weighted by Crippen LogP contribution is 2.60. The summed E-state index contributed by atoms with van der Waals surface area (Å²) in [6.45, 7) is 4.78. The number of Topliss-reactive ketones (excluding diaryl/α,β-unsaturated/α-hetero) is 1. The highest BCUT2D eigenvalue weighted by atomic mass is 19.4. The van der Waals surface area contributed by atoms with Crippen LogP contribution in [0.1, 0.15) is 45.4 Å². The van der Waals surface area contributed by atoms with Crippen molar-refractivity contribution in [2.45, 2.75) is 45.5 Å². The first-order valence-corrected chi connectivity index (χ1v) is 16.8. The molecular formula is C39H30F3N5O8. The molecule has 2 aliphatic rings. The number of hydrogen-bond donors (Lipinski definition) is 3. The molecule has 1 atom stereocenters. The van der Waals surface area contributed by atoms with Gasteiger partial charge in [-0.05, 0) is 81.3 Å².